The zero-order valence-electron chi connectivity index (χ0n) is 26.7. The molecule has 0 spiro atoms. The number of furan rings is 1. The Kier molecular flexibility index (Phi) is 11.3. The summed E-state index contributed by atoms with van der Waals surface area (Å²) in [6.45, 7) is 3.69. The molecule has 250 valence electrons. The molecule has 0 aliphatic heterocycles. The third kappa shape index (κ3) is 8.89. The number of nitrogens with zero attached hydrogens (tertiary/aromatic N) is 1. The van der Waals surface area contributed by atoms with Crippen LogP contribution < -0.4 is 10.6 Å². The largest absolute Gasteiger partial charge is 0.459 e. The minimum atomic E-state index is -4.40. The Morgan fingerprint density at radius 2 is 1.48 bits per heavy atom. The van der Waals surface area contributed by atoms with Gasteiger partial charge in [-0.25, -0.2) is 9.36 Å². The first kappa shape index (κ1) is 34.4. The molecule has 3 atom stereocenters. The molecule has 1 unspecified atom stereocenters. The highest BCUT2D eigenvalue weighted by Gasteiger charge is 2.32. The molecule has 0 bridgehead atoms. The van der Waals surface area contributed by atoms with E-state index in [1.54, 1.807) is 42.5 Å². The van der Waals surface area contributed by atoms with Gasteiger partial charge in [0.1, 0.15) is 18.7 Å². The van der Waals surface area contributed by atoms with Crippen LogP contribution in [0.5, 0.6) is 0 Å². The number of amides is 2. The van der Waals surface area contributed by atoms with Crippen LogP contribution in [0.15, 0.2) is 114 Å². The van der Waals surface area contributed by atoms with E-state index in [-0.39, 0.29) is 37.7 Å². The molecular formula is C36H38N3O8P. The van der Waals surface area contributed by atoms with Crippen LogP contribution >= 0.6 is 7.75 Å². The zero-order chi connectivity index (χ0) is 34.1. The number of hydrogen-bond acceptors (Lipinski definition) is 7. The highest BCUT2D eigenvalue weighted by molar-refractivity contribution is 7.51. The fourth-order valence-corrected chi connectivity index (χ4v) is 6.43. The van der Waals surface area contributed by atoms with Gasteiger partial charge in [-0.1, -0.05) is 92.7 Å². The molecular weight excluding hydrogens is 633 g/mol. The number of para-hydroxylation sites is 1. The topological polar surface area (TPSA) is 149 Å². The average molecular weight is 672 g/mol. The van der Waals surface area contributed by atoms with Gasteiger partial charge in [0.15, 0.2) is 5.76 Å². The lowest BCUT2D eigenvalue weighted by Crippen LogP contribution is -2.53. The minimum absolute atomic E-state index is 0.0219. The van der Waals surface area contributed by atoms with Crippen molar-refractivity contribution in [2.45, 2.75) is 52.0 Å². The molecule has 12 heteroatoms. The third-order valence-electron chi connectivity index (χ3n) is 7.61. The van der Waals surface area contributed by atoms with Gasteiger partial charge in [-0.05, 0) is 47.2 Å². The maximum atomic E-state index is 13.7. The summed E-state index contributed by atoms with van der Waals surface area (Å²) in [5.74, 6) is -1.80. The molecule has 2 heterocycles. The molecule has 5 aromatic rings. The molecule has 0 radical (unpaired) electrons. The van der Waals surface area contributed by atoms with E-state index in [2.05, 4.69) is 10.6 Å². The Bertz CT molecular complexity index is 1870. The first-order chi connectivity index (χ1) is 23.1. The van der Waals surface area contributed by atoms with Crippen LogP contribution in [0.1, 0.15) is 47.5 Å². The molecule has 0 aliphatic carbocycles. The first-order valence-electron chi connectivity index (χ1n) is 15.6. The number of carbonyl (C=O) groups is 3. The molecule has 2 aromatic heterocycles. The molecule has 3 N–H and O–H groups in total. The van der Waals surface area contributed by atoms with Crippen LogP contribution in [0.4, 0.5) is 0 Å². The molecule has 48 heavy (non-hydrogen) atoms. The smallest absolute Gasteiger partial charge is 0.437 e. The van der Waals surface area contributed by atoms with Crippen LogP contribution in [-0.4, -0.2) is 39.1 Å². The van der Waals surface area contributed by atoms with E-state index in [9.17, 15) is 23.8 Å². The number of fused-ring (bicyclic) bond motifs is 1. The fraction of sp³-hybridized carbons (Fsp3) is 0.250. The lowest BCUT2D eigenvalue weighted by atomic mass is 10.0. The molecule has 2 amide bonds. The van der Waals surface area contributed by atoms with Gasteiger partial charge in [-0.15, -0.1) is 0 Å². The summed E-state index contributed by atoms with van der Waals surface area (Å²) >= 11 is 0. The highest BCUT2D eigenvalue weighted by atomic mass is 31.2. The van der Waals surface area contributed by atoms with Crippen molar-refractivity contribution in [2.75, 3.05) is 0 Å². The minimum Gasteiger partial charge on any atom is -0.459 e. The van der Waals surface area contributed by atoms with Gasteiger partial charge >= 0.3 is 13.7 Å². The van der Waals surface area contributed by atoms with E-state index >= 15 is 0 Å². The van der Waals surface area contributed by atoms with E-state index in [4.69, 9.17) is 13.7 Å². The Labute approximate surface area is 278 Å². The Hall–Kier alpha value is -4.96. The molecule has 0 fully saturated rings. The molecule has 11 nitrogen and oxygen atoms in total. The van der Waals surface area contributed by atoms with Crippen molar-refractivity contribution in [2.24, 2.45) is 5.92 Å². The molecule has 5 rings (SSSR count). The Morgan fingerprint density at radius 1 is 0.833 bits per heavy atom. The van der Waals surface area contributed by atoms with Crippen LogP contribution in [0.3, 0.4) is 0 Å². The van der Waals surface area contributed by atoms with E-state index in [1.807, 2.05) is 62.4 Å². The number of esters is 1. The highest BCUT2D eigenvalue weighted by Crippen LogP contribution is 2.48. The zero-order valence-corrected chi connectivity index (χ0v) is 27.5. The van der Waals surface area contributed by atoms with Crippen molar-refractivity contribution in [3.8, 4) is 0 Å². The Balaban J connectivity index is 1.42. The van der Waals surface area contributed by atoms with Gasteiger partial charge in [0.05, 0.1) is 18.4 Å². The standard InChI is InChI=1S/C36H38N3O8P/c1-25(2)20-30(37-35(41)33-18-11-19-45-33)34(40)38-31(36(42)46-23-26-12-5-3-6-13-26)21-28-22-39(32-17-10-9-16-29(28)32)48(43,44)47-24-27-14-7-4-8-15-27/h3-19,22,25,30-31H,20-21,23-24H2,1-2H3,(H,37,41)(H,38,40)(H,43,44)/t30-,31-/m0/s1. The SMILES string of the molecule is CC(C)C[C@H](NC(=O)c1ccco1)C(=O)N[C@@H](Cc1cn(P(=O)(O)OCc2ccccc2)c2ccccc12)C(=O)OCc1ccccc1. The predicted molar refractivity (Wildman–Crippen MR) is 180 cm³/mol. The van der Waals surface area contributed by atoms with Crippen molar-refractivity contribution >= 4 is 36.4 Å². The second-order valence-corrected chi connectivity index (χ2v) is 13.4. The van der Waals surface area contributed by atoms with Gasteiger partial charge in [-0.2, -0.15) is 0 Å². The van der Waals surface area contributed by atoms with E-state index < -0.39 is 37.6 Å². The second kappa shape index (κ2) is 15.8. The van der Waals surface area contributed by atoms with Gasteiger partial charge in [-0.3, -0.25) is 18.5 Å². The van der Waals surface area contributed by atoms with E-state index in [1.165, 1.54) is 22.9 Å². The third-order valence-corrected chi connectivity index (χ3v) is 8.95. The lowest BCUT2D eigenvalue weighted by molar-refractivity contribution is -0.149. The summed E-state index contributed by atoms with van der Waals surface area (Å²) in [6, 6.07) is 25.9. The number of ether oxygens (including phenoxy) is 1. The molecule has 0 saturated heterocycles. The summed E-state index contributed by atoms with van der Waals surface area (Å²) in [4.78, 5) is 51.3. The van der Waals surface area contributed by atoms with Crippen molar-refractivity contribution in [3.63, 3.8) is 0 Å². The lowest BCUT2D eigenvalue weighted by Gasteiger charge is -2.23. The number of benzene rings is 3. The van der Waals surface area contributed by atoms with Gasteiger partial charge in [0.2, 0.25) is 5.91 Å². The van der Waals surface area contributed by atoms with E-state index in [0.29, 0.717) is 16.5 Å². The summed E-state index contributed by atoms with van der Waals surface area (Å²) in [6.07, 6.45) is 3.03. The number of nitrogens with one attached hydrogen (secondary N) is 2. The van der Waals surface area contributed by atoms with Crippen molar-refractivity contribution < 1.29 is 37.5 Å². The molecule has 3 aromatic carbocycles. The van der Waals surface area contributed by atoms with Gasteiger partial charge < -0.3 is 24.7 Å². The van der Waals surface area contributed by atoms with Crippen molar-refractivity contribution in [1.82, 2.24) is 15.0 Å². The summed E-state index contributed by atoms with van der Waals surface area (Å²) in [5, 5.41) is 6.09. The summed E-state index contributed by atoms with van der Waals surface area (Å²) in [5.41, 5.74) is 2.40. The number of hydrogen-bond donors (Lipinski definition) is 3. The normalized spacial score (nSPS) is 13.8. The van der Waals surface area contributed by atoms with Gasteiger partial charge in [0, 0.05) is 18.0 Å². The predicted octanol–water partition coefficient (Wildman–Crippen LogP) is 6.02. The average Bonchev–Trinajstić information content (AvgIpc) is 3.76. The summed E-state index contributed by atoms with van der Waals surface area (Å²) in [7, 11) is -4.40. The Morgan fingerprint density at radius 3 is 2.12 bits per heavy atom. The maximum absolute atomic E-state index is 13.7. The maximum Gasteiger partial charge on any atom is 0.437 e. The van der Waals surface area contributed by atoms with Crippen molar-refractivity contribution in [3.05, 3.63) is 132 Å². The fourth-order valence-electron chi connectivity index (χ4n) is 5.25. The molecule has 0 aliphatic rings. The first-order valence-corrected chi connectivity index (χ1v) is 17.1. The monoisotopic (exact) mass is 671 g/mol. The van der Waals surface area contributed by atoms with Crippen LogP contribution in [0.25, 0.3) is 10.9 Å². The van der Waals surface area contributed by atoms with Crippen LogP contribution in [-0.2, 0) is 43.0 Å². The van der Waals surface area contributed by atoms with Crippen molar-refractivity contribution in [1.29, 1.82) is 0 Å². The summed E-state index contributed by atoms with van der Waals surface area (Å²) < 4.78 is 31.1. The number of carbonyl (C=O) groups excluding carboxylic acids is 3. The quantitative estimate of drug-likeness (QED) is 0.0905. The van der Waals surface area contributed by atoms with Crippen LogP contribution in [0, 0.1) is 5.92 Å². The second-order valence-electron chi connectivity index (χ2n) is 11.8. The van der Waals surface area contributed by atoms with E-state index in [0.717, 1.165) is 11.1 Å². The van der Waals surface area contributed by atoms with Crippen LogP contribution in [0.2, 0.25) is 0 Å². The number of aromatic nitrogens is 1. The van der Waals surface area contributed by atoms with Gasteiger partial charge in [0.25, 0.3) is 5.91 Å². The number of rotatable bonds is 15. The molecule has 0 saturated carbocycles.